The van der Waals surface area contributed by atoms with Crippen LogP contribution in [-0.2, 0) is 4.79 Å². The van der Waals surface area contributed by atoms with Crippen molar-refractivity contribution in [1.29, 1.82) is 0 Å². The molecule has 0 saturated carbocycles. The van der Waals surface area contributed by atoms with Crippen LogP contribution in [0.15, 0.2) is 0 Å². The molecule has 0 bridgehead atoms. The molecule has 166 valence electrons. The van der Waals surface area contributed by atoms with E-state index in [1.54, 1.807) is 0 Å². The number of quaternary nitrogens is 1. The third-order valence-electron chi connectivity index (χ3n) is 5.08. The van der Waals surface area contributed by atoms with Gasteiger partial charge in [0, 0.05) is 6.04 Å². The number of hydrogen-bond donors (Lipinski definition) is 2. The maximum absolute atomic E-state index is 12.4. The largest absolute Gasteiger partial charge is 0.352 e. The van der Waals surface area contributed by atoms with Gasteiger partial charge in [-0.05, 0) is 59.3 Å². The fraction of sp³-hybridized carbons (Fsp3) is 0.957. The maximum Gasteiger partial charge on any atom is 0.240 e. The molecule has 4 nitrogen and oxygen atoms in total. The minimum atomic E-state index is -0.803. The van der Waals surface area contributed by atoms with E-state index in [2.05, 4.69) is 53.8 Å². The molecule has 0 spiro atoms. The van der Waals surface area contributed by atoms with E-state index in [9.17, 15) is 4.79 Å². The van der Waals surface area contributed by atoms with Crippen molar-refractivity contribution in [2.45, 2.75) is 114 Å². The monoisotopic (exact) mass is 388 g/mol. The summed E-state index contributed by atoms with van der Waals surface area (Å²) in [4.78, 5) is 12.4. The van der Waals surface area contributed by atoms with Crippen LogP contribution >= 0.6 is 0 Å². The number of amides is 1. The first kappa shape index (κ1) is 31.1. The Hall–Kier alpha value is -0.610. The highest BCUT2D eigenvalue weighted by molar-refractivity contribution is 5.85. The van der Waals surface area contributed by atoms with Crippen molar-refractivity contribution >= 4 is 5.91 Å². The number of nitrogens with zero attached hydrogens (tertiary/aromatic N) is 1. The summed E-state index contributed by atoms with van der Waals surface area (Å²) in [6.07, 6.45) is 2.83. The second-order valence-electron chi connectivity index (χ2n) is 8.69. The molecular weight excluding hydrogens is 334 g/mol. The van der Waals surface area contributed by atoms with E-state index in [0.29, 0.717) is 6.42 Å². The zero-order valence-electron chi connectivity index (χ0n) is 21.0. The molecular formula is C23H54N3O+. The standard InChI is InChI=1S/C19H41N3O.2C2H6/c1-9-22(10-2,11-3)14-12-13-16(4)21-17(23)19(8,20)15-18(5,6)7;2*1-2/h16H,9-15,20H2,1-8H3;2*1-2H3/p+1. The van der Waals surface area contributed by atoms with E-state index in [1.165, 1.54) is 30.7 Å². The van der Waals surface area contributed by atoms with Gasteiger partial charge < -0.3 is 15.5 Å². The van der Waals surface area contributed by atoms with E-state index in [0.717, 1.165) is 12.8 Å². The minimum Gasteiger partial charge on any atom is -0.352 e. The van der Waals surface area contributed by atoms with Gasteiger partial charge in [-0.15, -0.1) is 0 Å². The first-order valence-electron chi connectivity index (χ1n) is 11.4. The Morgan fingerprint density at radius 1 is 0.963 bits per heavy atom. The molecule has 0 saturated heterocycles. The van der Waals surface area contributed by atoms with Crippen LogP contribution in [-0.4, -0.2) is 48.2 Å². The van der Waals surface area contributed by atoms with E-state index in [-0.39, 0.29) is 17.4 Å². The summed E-state index contributed by atoms with van der Waals surface area (Å²) in [5.74, 6) is -0.0258. The molecule has 0 fully saturated rings. The smallest absolute Gasteiger partial charge is 0.240 e. The third kappa shape index (κ3) is 14.1. The van der Waals surface area contributed by atoms with Crippen LogP contribution in [0.2, 0.25) is 0 Å². The molecule has 2 unspecified atom stereocenters. The number of carbonyl (C=O) groups is 1. The molecule has 0 aromatic rings. The molecule has 2 atom stereocenters. The average molecular weight is 389 g/mol. The molecule has 27 heavy (non-hydrogen) atoms. The number of hydrogen-bond acceptors (Lipinski definition) is 2. The van der Waals surface area contributed by atoms with Gasteiger partial charge in [-0.25, -0.2) is 0 Å². The van der Waals surface area contributed by atoms with Crippen LogP contribution in [0.25, 0.3) is 0 Å². The van der Waals surface area contributed by atoms with Gasteiger partial charge in [-0.3, -0.25) is 4.79 Å². The van der Waals surface area contributed by atoms with Crippen molar-refractivity contribution in [1.82, 2.24) is 5.32 Å². The van der Waals surface area contributed by atoms with E-state index in [1.807, 2.05) is 34.6 Å². The first-order valence-corrected chi connectivity index (χ1v) is 11.4. The van der Waals surface area contributed by atoms with E-state index >= 15 is 0 Å². The number of rotatable bonds is 10. The van der Waals surface area contributed by atoms with Crippen LogP contribution in [0.5, 0.6) is 0 Å². The summed E-state index contributed by atoms with van der Waals surface area (Å²) < 4.78 is 1.17. The number of nitrogens with two attached hydrogens (primary N) is 1. The lowest BCUT2D eigenvalue weighted by atomic mass is 9.80. The summed E-state index contributed by atoms with van der Waals surface area (Å²) in [6, 6.07) is 0.179. The van der Waals surface area contributed by atoms with Crippen LogP contribution in [0.1, 0.15) is 102 Å². The Morgan fingerprint density at radius 2 is 1.37 bits per heavy atom. The lowest BCUT2D eigenvalue weighted by molar-refractivity contribution is -0.923. The normalized spacial score (nSPS) is 14.7. The van der Waals surface area contributed by atoms with Gasteiger partial charge in [0.1, 0.15) is 0 Å². The third-order valence-corrected chi connectivity index (χ3v) is 5.08. The number of nitrogens with one attached hydrogen (secondary N) is 1. The Bertz CT molecular complexity index is 347. The van der Waals surface area contributed by atoms with Gasteiger partial charge in [0.2, 0.25) is 5.91 Å². The Balaban J connectivity index is -0.00000134. The SMILES string of the molecule is CC.CC.CC[N+](CC)(CC)CCCC(C)NC(=O)C(C)(N)CC(C)(C)C. The molecule has 0 aromatic heterocycles. The van der Waals surface area contributed by atoms with Gasteiger partial charge in [-0.2, -0.15) is 0 Å². The second kappa shape index (κ2) is 15.3. The Morgan fingerprint density at radius 3 is 1.70 bits per heavy atom. The predicted molar refractivity (Wildman–Crippen MR) is 123 cm³/mol. The van der Waals surface area contributed by atoms with Crippen molar-refractivity contribution in [3.63, 3.8) is 0 Å². The zero-order valence-corrected chi connectivity index (χ0v) is 21.0. The summed E-state index contributed by atoms with van der Waals surface area (Å²) in [7, 11) is 0. The highest BCUT2D eigenvalue weighted by Gasteiger charge is 2.33. The first-order chi connectivity index (χ1) is 12.4. The Kier molecular flexibility index (Phi) is 17.7. The van der Waals surface area contributed by atoms with Crippen LogP contribution in [0.3, 0.4) is 0 Å². The predicted octanol–water partition coefficient (Wildman–Crippen LogP) is 5.35. The molecule has 4 heteroatoms. The summed E-state index contributed by atoms with van der Waals surface area (Å²) >= 11 is 0. The highest BCUT2D eigenvalue weighted by atomic mass is 16.2. The van der Waals surface area contributed by atoms with Gasteiger partial charge in [0.25, 0.3) is 0 Å². The van der Waals surface area contributed by atoms with Crippen molar-refractivity contribution < 1.29 is 9.28 Å². The maximum atomic E-state index is 12.4. The lowest BCUT2D eigenvalue weighted by Gasteiger charge is -2.36. The topological polar surface area (TPSA) is 55.1 Å². The van der Waals surface area contributed by atoms with Gasteiger partial charge in [-0.1, -0.05) is 48.5 Å². The van der Waals surface area contributed by atoms with Crippen LogP contribution in [0.4, 0.5) is 0 Å². The molecule has 0 aliphatic carbocycles. The van der Waals surface area contributed by atoms with Crippen molar-refractivity contribution in [3.05, 3.63) is 0 Å². The van der Waals surface area contributed by atoms with Crippen molar-refractivity contribution in [2.24, 2.45) is 11.1 Å². The van der Waals surface area contributed by atoms with Crippen LogP contribution < -0.4 is 11.1 Å². The molecule has 0 aromatic carbocycles. The molecule has 0 aliphatic heterocycles. The highest BCUT2D eigenvalue weighted by Crippen LogP contribution is 2.25. The summed E-state index contributed by atoms with van der Waals surface area (Å²) in [5.41, 5.74) is 5.49. The quantitative estimate of drug-likeness (QED) is 0.495. The molecule has 0 radical (unpaired) electrons. The van der Waals surface area contributed by atoms with E-state index < -0.39 is 5.54 Å². The van der Waals surface area contributed by atoms with Crippen molar-refractivity contribution in [3.8, 4) is 0 Å². The minimum absolute atomic E-state index is 0.0258. The van der Waals surface area contributed by atoms with Crippen LogP contribution in [0, 0.1) is 5.41 Å². The fourth-order valence-corrected chi connectivity index (χ4v) is 3.52. The van der Waals surface area contributed by atoms with E-state index in [4.69, 9.17) is 5.73 Å². The lowest BCUT2D eigenvalue weighted by Crippen LogP contribution is -2.55. The molecule has 0 rings (SSSR count). The van der Waals surface area contributed by atoms with Gasteiger partial charge in [0.15, 0.2) is 0 Å². The van der Waals surface area contributed by atoms with Gasteiger partial charge >= 0.3 is 0 Å². The zero-order chi connectivity index (χ0) is 22.3. The van der Waals surface area contributed by atoms with Gasteiger partial charge in [0.05, 0.1) is 31.7 Å². The molecule has 3 N–H and O–H groups in total. The summed E-state index contributed by atoms with van der Waals surface area (Å²) in [5, 5.41) is 3.11. The fourth-order valence-electron chi connectivity index (χ4n) is 3.52. The second-order valence-corrected chi connectivity index (χ2v) is 8.69. The molecule has 0 aliphatic rings. The molecule has 1 amide bonds. The number of carbonyl (C=O) groups excluding carboxylic acids is 1. The summed E-state index contributed by atoms with van der Waals surface area (Å²) in [6.45, 7) is 29.8. The van der Waals surface area contributed by atoms with Crippen molar-refractivity contribution in [2.75, 3.05) is 26.2 Å². The average Bonchev–Trinajstić information content (AvgIpc) is 2.60. The Labute approximate surface area is 172 Å². The molecule has 0 heterocycles.